The first-order valence-electron chi connectivity index (χ1n) is 10.7. The monoisotopic (exact) mass is 422 g/mol. The number of benzene rings is 2. The van der Waals surface area contributed by atoms with Crippen LogP contribution in [-0.4, -0.2) is 16.4 Å². The smallest absolute Gasteiger partial charge is 0.251 e. The van der Waals surface area contributed by atoms with Gasteiger partial charge in [-0.15, -0.1) is 0 Å². The number of amides is 1. The van der Waals surface area contributed by atoms with Gasteiger partial charge in [0.15, 0.2) is 0 Å². The topological polar surface area (TPSA) is 42.0 Å². The van der Waals surface area contributed by atoms with Crippen molar-refractivity contribution in [1.82, 2.24) is 10.3 Å². The number of hydrogen-bond donors (Lipinski definition) is 1. The van der Waals surface area contributed by atoms with Gasteiger partial charge in [-0.3, -0.25) is 9.78 Å². The summed E-state index contributed by atoms with van der Waals surface area (Å²) in [6.07, 6.45) is 8.18. The third-order valence-corrected chi connectivity index (χ3v) is 7.20. The average molecular weight is 423 g/mol. The molecule has 2 aliphatic rings. The van der Waals surface area contributed by atoms with E-state index in [-0.39, 0.29) is 17.3 Å². The fourth-order valence-corrected chi connectivity index (χ4v) is 5.25. The van der Waals surface area contributed by atoms with Crippen LogP contribution in [0.25, 0.3) is 10.9 Å². The number of nitrogens with zero attached hydrogens (tertiary/aromatic N) is 1. The lowest BCUT2D eigenvalue weighted by Crippen LogP contribution is -2.43. The van der Waals surface area contributed by atoms with Crippen LogP contribution >= 0.6 is 11.6 Å². The Hall–Kier alpha value is -2.46. The molecule has 0 unspecified atom stereocenters. The molecule has 0 bridgehead atoms. The summed E-state index contributed by atoms with van der Waals surface area (Å²) in [7, 11) is 0. The molecule has 1 aromatic heterocycles. The third-order valence-electron chi connectivity index (χ3n) is 6.94. The van der Waals surface area contributed by atoms with Gasteiger partial charge in [0.1, 0.15) is 5.82 Å². The minimum Gasteiger partial charge on any atom is -0.346 e. The maximum atomic E-state index is 13.8. The Labute approximate surface area is 180 Å². The first-order valence-corrected chi connectivity index (χ1v) is 11.0. The minimum absolute atomic E-state index is 0.0121. The summed E-state index contributed by atoms with van der Waals surface area (Å²) in [6, 6.07) is 13.9. The maximum Gasteiger partial charge on any atom is 0.251 e. The predicted molar refractivity (Wildman–Crippen MR) is 117 cm³/mol. The SMILES string of the molecule is O=C(NC1([C@H]2CC[C@H](c3ccnc4ccc(F)cc43)CC2)CC1)c1ccc(Cl)cc1. The zero-order valence-corrected chi connectivity index (χ0v) is 17.5. The van der Waals surface area contributed by atoms with Crippen LogP contribution in [-0.2, 0) is 0 Å². The van der Waals surface area contributed by atoms with E-state index in [1.807, 2.05) is 12.3 Å². The Morgan fingerprint density at radius 1 is 1.03 bits per heavy atom. The number of hydrogen-bond acceptors (Lipinski definition) is 2. The molecule has 0 aliphatic heterocycles. The van der Waals surface area contributed by atoms with Gasteiger partial charge in [0.05, 0.1) is 5.52 Å². The molecule has 5 rings (SSSR count). The van der Waals surface area contributed by atoms with Crippen LogP contribution in [0.5, 0.6) is 0 Å². The first kappa shape index (κ1) is 19.5. The van der Waals surface area contributed by atoms with Gasteiger partial charge in [-0.05, 0) is 104 Å². The molecule has 1 heterocycles. The fourth-order valence-electron chi connectivity index (χ4n) is 5.12. The van der Waals surface area contributed by atoms with E-state index in [0.29, 0.717) is 22.4 Å². The Balaban J connectivity index is 1.28. The summed E-state index contributed by atoms with van der Waals surface area (Å²) >= 11 is 5.94. The highest BCUT2D eigenvalue weighted by Crippen LogP contribution is 2.51. The largest absolute Gasteiger partial charge is 0.346 e. The van der Waals surface area contributed by atoms with Gasteiger partial charge in [0, 0.05) is 27.7 Å². The summed E-state index contributed by atoms with van der Waals surface area (Å²) in [5, 5.41) is 4.89. The van der Waals surface area contributed by atoms with Crippen molar-refractivity contribution in [3.05, 3.63) is 76.7 Å². The summed E-state index contributed by atoms with van der Waals surface area (Å²) in [6.45, 7) is 0. The van der Waals surface area contributed by atoms with Gasteiger partial charge in [0.2, 0.25) is 0 Å². The van der Waals surface area contributed by atoms with Crippen LogP contribution in [0, 0.1) is 11.7 Å². The number of rotatable bonds is 4. The summed E-state index contributed by atoms with van der Waals surface area (Å²) in [4.78, 5) is 17.1. The van der Waals surface area contributed by atoms with Crippen molar-refractivity contribution in [2.75, 3.05) is 0 Å². The standard InChI is InChI=1S/C25H24ClFN2O/c26-19-7-3-17(4-8-19)24(30)29-25(12-13-25)18-5-1-16(2-6-18)21-11-14-28-23-10-9-20(27)15-22(21)23/h3-4,7-11,14-16,18H,1-2,5-6,12-13H2,(H,29,30)/t16-,18-. The van der Waals surface area contributed by atoms with Crippen molar-refractivity contribution < 1.29 is 9.18 Å². The van der Waals surface area contributed by atoms with Crippen molar-refractivity contribution in [1.29, 1.82) is 0 Å². The number of aromatic nitrogens is 1. The van der Waals surface area contributed by atoms with E-state index in [9.17, 15) is 9.18 Å². The van der Waals surface area contributed by atoms with Crippen molar-refractivity contribution >= 4 is 28.4 Å². The van der Waals surface area contributed by atoms with E-state index in [1.54, 1.807) is 36.4 Å². The Bertz CT molecular complexity index is 1090. The van der Waals surface area contributed by atoms with Gasteiger partial charge in [-0.2, -0.15) is 0 Å². The van der Waals surface area contributed by atoms with E-state index in [4.69, 9.17) is 11.6 Å². The van der Waals surface area contributed by atoms with Crippen LogP contribution < -0.4 is 5.32 Å². The zero-order chi connectivity index (χ0) is 20.7. The van der Waals surface area contributed by atoms with Crippen molar-refractivity contribution in [2.24, 2.45) is 5.92 Å². The number of nitrogens with one attached hydrogen (secondary N) is 1. The molecule has 2 fully saturated rings. The van der Waals surface area contributed by atoms with E-state index in [2.05, 4.69) is 10.3 Å². The maximum absolute atomic E-state index is 13.8. The summed E-state index contributed by atoms with van der Waals surface area (Å²) in [5.41, 5.74) is 2.65. The summed E-state index contributed by atoms with van der Waals surface area (Å²) in [5.74, 6) is 0.681. The normalized spacial score (nSPS) is 22.6. The highest BCUT2D eigenvalue weighted by Gasteiger charge is 2.51. The molecule has 0 spiro atoms. The summed E-state index contributed by atoms with van der Waals surface area (Å²) < 4.78 is 13.8. The highest BCUT2D eigenvalue weighted by molar-refractivity contribution is 6.30. The van der Waals surface area contributed by atoms with Gasteiger partial charge < -0.3 is 5.32 Å². The number of pyridine rings is 1. The van der Waals surface area contributed by atoms with Crippen molar-refractivity contribution in [2.45, 2.75) is 50.0 Å². The molecule has 3 nitrogen and oxygen atoms in total. The minimum atomic E-state index is -0.215. The number of carbonyl (C=O) groups is 1. The quantitative estimate of drug-likeness (QED) is 0.538. The van der Waals surface area contributed by atoms with E-state index >= 15 is 0 Å². The van der Waals surface area contributed by atoms with Gasteiger partial charge in [-0.25, -0.2) is 4.39 Å². The molecule has 1 amide bonds. The molecule has 3 aromatic rings. The van der Waals surface area contributed by atoms with Crippen LogP contribution in [0.4, 0.5) is 4.39 Å². The third kappa shape index (κ3) is 3.69. The Morgan fingerprint density at radius 3 is 2.47 bits per heavy atom. The van der Waals surface area contributed by atoms with Crippen molar-refractivity contribution in [3.8, 4) is 0 Å². The molecule has 0 saturated heterocycles. The second-order valence-electron chi connectivity index (χ2n) is 8.73. The molecule has 5 heteroatoms. The lowest BCUT2D eigenvalue weighted by molar-refractivity contribution is 0.0900. The second-order valence-corrected chi connectivity index (χ2v) is 9.16. The van der Waals surface area contributed by atoms with Crippen LogP contribution in [0.15, 0.2) is 54.7 Å². The van der Waals surface area contributed by atoms with Gasteiger partial charge >= 0.3 is 0 Å². The molecule has 1 N–H and O–H groups in total. The first-order chi connectivity index (χ1) is 14.5. The number of fused-ring (bicyclic) bond motifs is 1. The second kappa shape index (κ2) is 7.66. The number of carbonyl (C=O) groups excluding carboxylic acids is 1. The van der Waals surface area contributed by atoms with E-state index in [1.165, 1.54) is 11.6 Å². The van der Waals surface area contributed by atoms with Crippen LogP contribution in [0.3, 0.4) is 0 Å². The molecule has 154 valence electrons. The molecular formula is C25H24ClFN2O. The molecule has 0 radical (unpaired) electrons. The predicted octanol–water partition coefficient (Wildman–Crippen LogP) is 6.26. The Morgan fingerprint density at radius 2 is 1.77 bits per heavy atom. The zero-order valence-electron chi connectivity index (χ0n) is 16.7. The van der Waals surface area contributed by atoms with E-state index < -0.39 is 0 Å². The molecule has 2 saturated carbocycles. The van der Waals surface area contributed by atoms with Gasteiger partial charge in [0.25, 0.3) is 5.91 Å². The molecular weight excluding hydrogens is 399 g/mol. The fraction of sp³-hybridized carbons (Fsp3) is 0.360. The van der Waals surface area contributed by atoms with Crippen LogP contribution in [0.2, 0.25) is 5.02 Å². The number of halogens is 2. The lowest BCUT2D eigenvalue weighted by Gasteiger charge is -2.35. The molecule has 30 heavy (non-hydrogen) atoms. The lowest BCUT2D eigenvalue weighted by atomic mass is 9.74. The molecule has 0 atom stereocenters. The Kier molecular flexibility index (Phi) is 4.98. The van der Waals surface area contributed by atoms with Crippen LogP contribution in [0.1, 0.15) is 60.4 Å². The van der Waals surface area contributed by atoms with Crippen molar-refractivity contribution in [3.63, 3.8) is 0 Å². The highest BCUT2D eigenvalue weighted by atomic mass is 35.5. The average Bonchev–Trinajstić information content (AvgIpc) is 3.54. The van der Waals surface area contributed by atoms with Gasteiger partial charge in [-0.1, -0.05) is 11.6 Å². The molecule has 2 aromatic carbocycles. The van der Waals surface area contributed by atoms with E-state index in [0.717, 1.165) is 49.4 Å². The molecule has 2 aliphatic carbocycles.